The Morgan fingerprint density at radius 1 is 1.36 bits per heavy atom. The van der Waals surface area contributed by atoms with Gasteiger partial charge in [-0.1, -0.05) is 23.7 Å². The van der Waals surface area contributed by atoms with Gasteiger partial charge in [0.1, 0.15) is 0 Å². The van der Waals surface area contributed by atoms with Crippen molar-refractivity contribution in [3.8, 4) is 11.4 Å². The van der Waals surface area contributed by atoms with E-state index in [0.29, 0.717) is 35.7 Å². The molecule has 25 heavy (non-hydrogen) atoms. The normalized spacial score (nSPS) is 19.2. The Bertz CT molecular complexity index is 703. The molecule has 0 amide bonds. The summed E-state index contributed by atoms with van der Waals surface area (Å²) in [7, 11) is 0. The van der Waals surface area contributed by atoms with Crippen LogP contribution in [0.5, 0.6) is 0 Å². The molecular formula is C17H23ClIN5O. The van der Waals surface area contributed by atoms with Crippen LogP contribution in [0, 0.1) is 5.92 Å². The molecule has 0 bridgehead atoms. The molecule has 3 rings (SSSR count). The monoisotopic (exact) mass is 475 g/mol. The van der Waals surface area contributed by atoms with Gasteiger partial charge in [0.25, 0.3) is 0 Å². The molecule has 2 aromatic rings. The molecule has 6 nitrogen and oxygen atoms in total. The van der Waals surface area contributed by atoms with Crippen LogP contribution in [0.15, 0.2) is 33.8 Å². The SMILES string of the molecule is CCNC(=NCCc1nc(-c2ccc(Cl)cc2)no1)NC1CC1C.I. The number of aromatic nitrogens is 2. The van der Waals surface area contributed by atoms with Gasteiger partial charge in [0, 0.05) is 29.6 Å². The summed E-state index contributed by atoms with van der Waals surface area (Å²) in [5.41, 5.74) is 0.885. The van der Waals surface area contributed by atoms with Crippen molar-refractivity contribution in [1.29, 1.82) is 0 Å². The predicted octanol–water partition coefficient (Wildman–Crippen LogP) is 3.51. The number of rotatable bonds is 6. The molecule has 2 unspecified atom stereocenters. The first-order chi connectivity index (χ1) is 11.7. The van der Waals surface area contributed by atoms with E-state index in [1.807, 2.05) is 24.3 Å². The summed E-state index contributed by atoms with van der Waals surface area (Å²) in [4.78, 5) is 8.97. The van der Waals surface area contributed by atoms with Crippen LogP contribution in [-0.4, -0.2) is 35.2 Å². The third-order valence-electron chi connectivity index (χ3n) is 3.94. The molecular weight excluding hydrogens is 453 g/mol. The highest BCUT2D eigenvalue weighted by Crippen LogP contribution is 2.28. The number of nitrogens with zero attached hydrogens (tertiary/aromatic N) is 3. The maximum absolute atomic E-state index is 5.89. The molecule has 1 heterocycles. The van der Waals surface area contributed by atoms with Crippen molar-refractivity contribution in [2.24, 2.45) is 10.9 Å². The second-order valence-electron chi connectivity index (χ2n) is 5.99. The Hall–Kier alpha value is -1.35. The summed E-state index contributed by atoms with van der Waals surface area (Å²) in [5, 5.41) is 11.4. The van der Waals surface area contributed by atoms with Gasteiger partial charge in [0.15, 0.2) is 5.96 Å². The minimum Gasteiger partial charge on any atom is -0.357 e. The summed E-state index contributed by atoms with van der Waals surface area (Å²) in [6, 6.07) is 7.91. The van der Waals surface area contributed by atoms with Gasteiger partial charge in [-0.05, 0) is 43.5 Å². The fraction of sp³-hybridized carbons (Fsp3) is 0.471. The highest BCUT2D eigenvalue weighted by atomic mass is 127. The van der Waals surface area contributed by atoms with Crippen molar-refractivity contribution in [2.45, 2.75) is 32.7 Å². The highest BCUT2D eigenvalue weighted by Gasteiger charge is 2.33. The second kappa shape index (κ2) is 9.38. The van der Waals surface area contributed by atoms with E-state index in [9.17, 15) is 0 Å². The molecule has 1 aliphatic carbocycles. The summed E-state index contributed by atoms with van der Waals surface area (Å²) in [6.45, 7) is 5.73. The number of guanidine groups is 1. The molecule has 2 atom stereocenters. The molecule has 0 aliphatic heterocycles. The lowest BCUT2D eigenvalue weighted by Gasteiger charge is -2.10. The third kappa shape index (κ3) is 5.85. The van der Waals surface area contributed by atoms with Gasteiger partial charge in [-0.3, -0.25) is 4.99 Å². The number of hydrogen-bond acceptors (Lipinski definition) is 4. The average molecular weight is 476 g/mol. The van der Waals surface area contributed by atoms with Crippen molar-refractivity contribution in [1.82, 2.24) is 20.8 Å². The molecule has 136 valence electrons. The van der Waals surface area contributed by atoms with Gasteiger partial charge in [-0.2, -0.15) is 4.98 Å². The summed E-state index contributed by atoms with van der Waals surface area (Å²) >= 11 is 5.89. The lowest BCUT2D eigenvalue weighted by atomic mass is 10.2. The molecule has 0 saturated heterocycles. The molecule has 2 N–H and O–H groups in total. The fourth-order valence-electron chi connectivity index (χ4n) is 2.35. The number of nitrogens with one attached hydrogen (secondary N) is 2. The van der Waals surface area contributed by atoms with Gasteiger partial charge in [0.05, 0.1) is 6.54 Å². The van der Waals surface area contributed by atoms with Gasteiger partial charge in [-0.15, -0.1) is 24.0 Å². The molecule has 1 saturated carbocycles. The van der Waals surface area contributed by atoms with E-state index in [4.69, 9.17) is 16.1 Å². The molecule has 1 aromatic heterocycles. The Labute approximate surface area is 169 Å². The van der Waals surface area contributed by atoms with E-state index in [1.165, 1.54) is 6.42 Å². The van der Waals surface area contributed by atoms with Crippen LogP contribution >= 0.6 is 35.6 Å². The van der Waals surface area contributed by atoms with E-state index in [-0.39, 0.29) is 24.0 Å². The molecule has 1 aromatic carbocycles. The van der Waals surface area contributed by atoms with E-state index in [2.05, 4.69) is 39.6 Å². The Morgan fingerprint density at radius 3 is 2.72 bits per heavy atom. The van der Waals surface area contributed by atoms with E-state index in [1.54, 1.807) is 0 Å². The van der Waals surface area contributed by atoms with Crippen LogP contribution in [0.3, 0.4) is 0 Å². The highest BCUT2D eigenvalue weighted by molar-refractivity contribution is 14.0. The van der Waals surface area contributed by atoms with Gasteiger partial charge < -0.3 is 15.2 Å². The number of aliphatic imine (C=N–C) groups is 1. The smallest absolute Gasteiger partial charge is 0.228 e. The van der Waals surface area contributed by atoms with E-state index in [0.717, 1.165) is 24.0 Å². The maximum Gasteiger partial charge on any atom is 0.228 e. The van der Waals surface area contributed by atoms with Crippen molar-refractivity contribution < 1.29 is 4.52 Å². The average Bonchev–Trinajstić information content (AvgIpc) is 3.07. The Kier molecular flexibility index (Phi) is 7.49. The Balaban J connectivity index is 0.00000225. The molecule has 1 aliphatic rings. The van der Waals surface area contributed by atoms with Gasteiger partial charge in [0.2, 0.25) is 11.7 Å². The lowest BCUT2D eigenvalue weighted by Crippen LogP contribution is -2.39. The van der Waals surface area contributed by atoms with E-state index >= 15 is 0 Å². The molecule has 0 radical (unpaired) electrons. The second-order valence-corrected chi connectivity index (χ2v) is 6.43. The Morgan fingerprint density at radius 2 is 2.08 bits per heavy atom. The van der Waals surface area contributed by atoms with Crippen LogP contribution in [-0.2, 0) is 6.42 Å². The molecule has 1 fully saturated rings. The van der Waals surface area contributed by atoms with Crippen LogP contribution in [0.2, 0.25) is 5.02 Å². The quantitative estimate of drug-likeness (QED) is 0.380. The van der Waals surface area contributed by atoms with Crippen molar-refractivity contribution in [3.05, 3.63) is 35.2 Å². The first-order valence-corrected chi connectivity index (χ1v) is 8.67. The number of hydrogen-bond donors (Lipinski definition) is 2. The predicted molar refractivity (Wildman–Crippen MR) is 111 cm³/mol. The summed E-state index contributed by atoms with van der Waals surface area (Å²) < 4.78 is 5.30. The zero-order chi connectivity index (χ0) is 16.9. The van der Waals surface area contributed by atoms with Gasteiger partial charge in [-0.25, -0.2) is 0 Å². The minimum atomic E-state index is 0. The van der Waals surface area contributed by atoms with Crippen LogP contribution in [0.1, 0.15) is 26.2 Å². The largest absolute Gasteiger partial charge is 0.357 e. The van der Waals surface area contributed by atoms with Crippen LogP contribution < -0.4 is 10.6 Å². The zero-order valence-corrected chi connectivity index (χ0v) is 17.4. The van der Waals surface area contributed by atoms with E-state index < -0.39 is 0 Å². The van der Waals surface area contributed by atoms with Gasteiger partial charge >= 0.3 is 0 Å². The number of benzene rings is 1. The first kappa shape index (κ1) is 20.0. The van der Waals surface area contributed by atoms with Crippen molar-refractivity contribution >= 4 is 41.5 Å². The van der Waals surface area contributed by atoms with Crippen molar-refractivity contribution in [2.75, 3.05) is 13.1 Å². The third-order valence-corrected chi connectivity index (χ3v) is 4.19. The fourth-order valence-corrected chi connectivity index (χ4v) is 2.48. The first-order valence-electron chi connectivity index (χ1n) is 8.29. The molecule has 0 spiro atoms. The summed E-state index contributed by atoms with van der Waals surface area (Å²) in [5.74, 6) is 2.73. The minimum absolute atomic E-state index is 0. The van der Waals surface area contributed by atoms with Crippen LogP contribution in [0.4, 0.5) is 0 Å². The number of halogens is 2. The molecule has 8 heteroatoms. The standard InChI is InChI=1S/C17H22ClN5O.HI/c1-3-19-17(21-14-10-11(14)2)20-9-8-15-22-16(23-24-15)12-4-6-13(18)7-5-12;/h4-7,11,14H,3,8-10H2,1-2H3,(H2,19,20,21);1H. The lowest BCUT2D eigenvalue weighted by molar-refractivity contribution is 0.380. The zero-order valence-electron chi connectivity index (χ0n) is 14.3. The van der Waals surface area contributed by atoms with Crippen molar-refractivity contribution in [3.63, 3.8) is 0 Å². The topological polar surface area (TPSA) is 75.3 Å². The summed E-state index contributed by atoms with van der Waals surface area (Å²) in [6.07, 6.45) is 1.82. The van der Waals surface area contributed by atoms with Crippen LogP contribution in [0.25, 0.3) is 11.4 Å². The maximum atomic E-state index is 5.89.